The summed E-state index contributed by atoms with van der Waals surface area (Å²) in [6, 6.07) is 2.32. The Morgan fingerprint density at radius 3 is 2.20 bits per heavy atom. The summed E-state index contributed by atoms with van der Waals surface area (Å²) in [5.74, 6) is 0. The lowest BCUT2D eigenvalue weighted by molar-refractivity contribution is 0.126. The second kappa shape index (κ2) is 6.29. The van der Waals surface area contributed by atoms with Crippen LogP contribution in [-0.4, -0.2) is 13.9 Å². The Bertz CT molecular complexity index is 217. The molecule has 0 fully saturated rings. The van der Waals surface area contributed by atoms with E-state index in [9.17, 15) is 0 Å². The standard InChI is InChI=1S/C12H25NOSi/c1-6-7-8-9-10-12(2,11-13)14-15(3,4)5/h6-10H2,1-5H3/t12-/m1/s1. The van der Waals surface area contributed by atoms with Crippen LogP contribution in [0.5, 0.6) is 0 Å². The zero-order chi connectivity index (χ0) is 11.9. The van der Waals surface area contributed by atoms with Gasteiger partial charge in [-0.3, -0.25) is 0 Å². The summed E-state index contributed by atoms with van der Waals surface area (Å²) in [4.78, 5) is 0. The van der Waals surface area contributed by atoms with Crippen LogP contribution in [0.25, 0.3) is 0 Å². The monoisotopic (exact) mass is 227 g/mol. The quantitative estimate of drug-likeness (QED) is 0.485. The first kappa shape index (κ1) is 14.7. The van der Waals surface area contributed by atoms with Gasteiger partial charge in [0.2, 0.25) is 0 Å². The molecule has 0 heterocycles. The first-order valence-electron chi connectivity index (χ1n) is 5.94. The number of hydrogen-bond acceptors (Lipinski definition) is 2. The third-order valence-corrected chi connectivity index (χ3v) is 3.34. The lowest BCUT2D eigenvalue weighted by Gasteiger charge is -2.30. The lowest BCUT2D eigenvalue weighted by atomic mass is 10.00. The molecule has 0 aliphatic carbocycles. The van der Waals surface area contributed by atoms with E-state index in [0.717, 1.165) is 12.8 Å². The highest BCUT2D eigenvalue weighted by Gasteiger charge is 2.30. The van der Waals surface area contributed by atoms with Gasteiger partial charge in [0, 0.05) is 0 Å². The van der Waals surface area contributed by atoms with Gasteiger partial charge in [0.05, 0.1) is 6.07 Å². The van der Waals surface area contributed by atoms with Crippen molar-refractivity contribution in [2.45, 2.75) is 71.2 Å². The zero-order valence-corrected chi connectivity index (χ0v) is 11.9. The van der Waals surface area contributed by atoms with Gasteiger partial charge in [0.25, 0.3) is 0 Å². The van der Waals surface area contributed by atoms with E-state index in [4.69, 9.17) is 9.69 Å². The Morgan fingerprint density at radius 1 is 1.20 bits per heavy atom. The van der Waals surface area contributed by atoms with Gasteiger partial charge in [0.1, 0.15) is 5.60 Å². The third kappa shape index (κ3) is 7.58. The molecule has 88 valence electrons. The normalized spacial score (nSPS) is 15.7. The van der Waals surface area contributed by atoms with Crippen molar-refractivity contribution in [3.63, 3.8) is 0 Å². The Labute approximate surface area is 95.8 Å². The van der Waals surface area contributed by atoms with E-state index in [1.807, 2.05) is 6.92 Å². The molecule has 0 spiro atoms. The first-order chi connectivity index (χ1) is 6.83. The molecule has 0 aromatic carbocycles. The highest BCUT2D eigenvalue weighted by Crippen LogP contribution is 2.23. The van der Waals surface area contributed by atoms with E-state index >= 15 is 0 Å². The summed E-state index contributed by atoms with van der Waals surface area (Å²) in [5.41, 5.74) is -0.557. The van der Waals surface area contributed by atoms with E-state index in [1.165, 1.54) is 19.3 Å². The van der Waals surface area contributed by atoms with Crippen LogP contribution in [0.4, 0.5) is 0 Å². The van der Waals surface area contributed by atoms with Gasteiger partial charge in [-0.25, -0.2) is 0 Å². The van der Waals surface area contributed by atoms with Crippen molar-refractivity contribution in [1.82, 2.24) is 0 Å². The highest BCUT2D eigenvalue weighted by atomic mass is 28.4. The van der Waals surface area contributed by atoms with Gasteiger partial charge >= 0.3 is 0 Å². The fourth-order valence-electron chi connectivity index (χ4n) is 1.69. The van der Waals surface area contributed by atoms with E-state index in [2.05, 4.69) is 32.6 Å². The van der Waals surface area contributed by atoms with Gasteiger partial charge < -0.3 is 4.43 Å². The molecular formula is C12H25NOSi. The summed E-state index contributed by atoms with van der Waals surface area (Å²) in [6.07, 6.45) is 5.67. The number of rotatable bonds is 7. The Hall–Kier alpha value is -0.333. The Balaban J connectivity index is 4.04. The lowest BCUT2D eigenvalue weighted by Crippen LogP contribution is -2.39. The molecule has 0 aliphatic rings. The summed E-state index contributed by atoms with van der Waals surface area (Å²) in [7, 11) is -1.60. The van der Waals surface area contributed by atoms with Crippen LogP contribution >= 0.6 is 0 Å². The van der Waals surface area contributed by atoms with Crippen LogP contribution in [0.2, 0.25) is 19.6 Å². The maximum atomic E-state index is 9.15. The van der Waals surface area contributed by atoms with Crippen molar-refractivity contribution < 1.29 is 4.43 Å². The number of hydrogen-bond donors (Lipinski definition) is 0. The molecule has 0 aromatic rings. The fourth-order valence-corrected chi connectivity index (χ4v) is 3.19. The Morgan fingerprint density at radius 2 is 1.80 bits per heavy atom. The molecule has 15 heavy (non-hydrogen) atoms. The summed E-state index contributed by atoms with van der Waals surface area (Å²) >= 11 is 0. The minimum absolute atomic E-state index is 0.557. The molecule has 0 unspecified atom stereocenters. The molecule has 0 rings (SSSR count). The van der Waals surface area contributed by atoms with Gasteiger partial charge in [-0.05, 0) is 39.4 Å². The van der Waals surface area contributed by atoms with Crippen LogP contribution in [0.1, 0.15) is 46.0 Å². The molecule has 2 nitrogen and oxygen atoms in total. The molecule has 1 atom stereocenters. The zero-order valence-electron chi connectivity index (χ0n) is 10.9. The molecule has 0 saturated carbocycles. The molecule has 0 radical (unpaired) electrons. The minimum atomic E-state index is -1.60. The van der Waals surface area contributed by atoms with E-state index in [0.29, 0.717) is 0 Å². The topological polar surface area (TPSA) is 33.0 Å². The second-order valence-corrected chi connectivity index (χ2v) is 9.80. The number of unbranched alkanes of at least 4 members (excludes halogenated alkanes) is 3. The molecule has 0 aromatic heterocycles. The van der Waals surface area contributed by atoms with Crippen LogP contribution in [0.15, 0.2) is 0 Å². The van der Waals surface area contributed by atoms with Crippen LogP contribution in [0, 0.1) is 11.3 Å². The summed E-state index contributed by atoms with van der Waals surface area (Å²) in [5, 5.41) is 9.15. The molecular weight excluding hydrogens is 202 g/mol. The fraction of sp³-hybridized carbons (Fsp3) is 0.917. The predicted octanol–water partition coefficient (Wildman–Crippen LogP) is 4.09. The van der Waals surface area contributed by atoms with E-state index in [1.54, 1.807) is 0 Å². The number of nitrogens with zero attached hydrogens (tertiary/aromatic N) is 1. The van der Waals surface area contributed by atoms with Gasteiger partial charge in [-0.2, -0.15) is 5.26 Å². The summed E-state index contributed by atoms with van der Waals surface area (Å²) in [6.45, 7) is 10.5. The van der Waals surface area contributed by atoms with Crippen molar-refractivity contribution in [2.24, 2.45) is 0 Å². The van der Waals surface area contributed by atoms with E-state index in [-0.39, 0.29) is 0 Å². The molecule has 0 bridgehead atoms. The summed E-state index contributed by atoms with van der Waals surface area (Å²) < 4.78 is 5.93. The Kier molecular flexibility index (Phi) is 6.15. The second-order valence-electron chi connectivity index (χ2n) is 5.37. The average molecular weight is 227 g/mol. The predicted molar refractivity (Wildman–Crippen MR) is 67.2 cm³/mol. The van der Waals surface area contributed by atoms with Crippen LogP contribution in [0.3, 0.4) is 0 Å². The largest absolute Gasteiger partial charge is 0.400 e. The van der Waals surface area contributed by atoms with Crippen molar-refractivity contribution >= 4 is 8.32 Å². The van der Waals surface area contributed by atoms with Gasteiger partial charge in [-0.15, -0.1) is 0 Å². The van der Waals surface area contributed by atoms with Gasteiger partial charge in [-0.1, -0.05) is 26.2 Å². The maximum Gasteiger partial charge on any atom is 0.185 e. The molecule has 3 heteroatoms. The highest BCUT2D eigenvalue weighted by molar-refractivity contribution is 6.69. The van der Waals surface area contributed by atoms with Crippen LogP contribution in [-0.2, 0) is 4.43 Å². The average Bonchev–Trinajstić information content (AvgIpc) is 2.10. The molecule has 0 saturated heterocycles. The van der Waals surface area contributed by atoms with Crippen LogP contribution < -0.4 is 0 Å². The van der Waals surface area contributed by atoms with Crippen molar-refractivity contribution in [1.29, 1.82) is 5.26 Å². The van der Waals surface area contributed by atoms with E-state index < -0.39 is 13.9 Å². The third-order valence-electron chi connectivity index (χ3n) is 2.28. The molecule has 0 N–H and O–H groups in total. The first-order valence-corrected chi connectivity index (χ1v) is 9.35. The molecule has 0 amide bonds. The number of nitriles is 1. The minimum Gasteiger partial charge on any atom is -0.400 e. The molecule has 0 aliphatic heterocycles. The SMILES string of the molecule is CCCCCC[C@](C)(C#N)O[Si](C)(C)C. The van der Waals surface area contributed by atoms with Crippen molar-refractivity contribution in [3.05, 3.63) is 0 Å². The van der Waals surface area contributed by atoms with Gasteiger partial charge in [0.15, 0.2) is 8.32 Å². The smallest absolute Gasteiger partial charge is 0.185 e. The maximum absolute atomic E-state index is 9.15. The van der Waals surface area contributed by atoms with Crippen molar-refractivity contribution in [3.8, 4) is 6.07 Å². The van der Waals surface area contributed by atoms with Crippen molar-refractivity contribution in [2.75, 3.05) is 0 Å².